The summed E-state index contributed by atoms with van der Waals surface area (Å²) >= 11 is 0. The van der Waals surface area contributed by atoms with Gasteiger partial charge in [0, 0.05) is 18.0 Å². The minimum Gasteiger partial charge on any atom is -0.240 e. The van der Waals surface area contributed by atoms with Gasteiger partial charge in [-0.2, -0.15) is 5.10 Å². The predicted octanol–water partition coefficient (Wildman–Crippen LogP) is 3.88. The summed E-state index contributed by atoms with van der Waals surface area (Å²) in [4.78, 5) is 0.139. The Morgan fingerprint density at radius 1 is 1.00 bits per heavy atom. The third-order valence-corrected chi connectivity index (χ3v) is 4.69. The second kappa shape index (κ2) is 6.16. The lowest BCUT2D eigenvalue weighted by Gasteiger charge is -2.03. The van der Waals surface area contributed by atoms with Crippen molar-refractivity contribution in [2.24, 2.45) is 0 Å². The van der Waals surface area contributed by atoms with Crippen molar-refractivity contribution in [2.75, 3.05) is 6.26 Å². The van der Waals surface area contributed by atoms with Gasteiger partial charge in [-0.3, -0.25) is 0 Å². The third-order valence-electron chi connectivity index (χ3n) is 3.56. The Balaban J connectivity index is 2.08. The summed E-state index contributed by atoms with van der Waals surface area (Å²) in [5, 5.41) is 3.98. The molecule has 0 saturated carbocycles. The molecule has 24 heavy (non-hydrogen) atoms. The number of hydrogen-bond donors (Lipinski definition) is 0. The Bertz CT molecular complexity index is 950. The summed E-state index contributed by atoms with van der Waals surface area (Å²) in [5.41, 5.74) is 1.08. The number of nitrogens with zero attached hydrogens (tertiary/aromatic N) is 2. The highest BCUT2D eigenvalue weighted by atomic mass is 32.2. The molecule has 0 aliphatic carbocycles. The van der Waals surface area contributed by atoms with E-state index < -0.39 is 16.3 Å². The largest absolute Gasteiger partial charge is 0.282 e. The molecule has 1 aromatic heterocycles. The zero-order valence-corrected chi connectivity index (χ0v) is 13.5. The maximum absolute atomic E-state index is 13.3. The van der Waals surface area contributed by atoms with E-state index >= 15 is 0 Å². The molecule has 1 heterocycles. The van der Waals surface area contributed by atoms with E-state index in [1.807, 2.05) is 6.07 Å². The average Bonchev–Trinajstić information content (AvgIpc) is 3.00. The fourth-order valence-electron chi connectivity index (χ4n) is 2.37. The van der Waals surface area contributed by atoms with Gasteiger partial charge in [0.15, 0.2) is 9.84 Å². The van der Waals surface area contributed by atoms with Crippen LogP contribution in [0.1, 0.15) is 12.1 Å². The van der Waals surface area contributed by atoms with Gasteiger partial charge in [0.25, 0.3) is 6.43 Å². The number of para-hydroxylation sites is 1. The summed E-state index contributed by atoms with van der Waals surface area (Å²) in [6, 6.07) is 14.8. The molecule has 0 saturated heterocycles. The van der Waals surface area contributed by atoms with E-state index in [1.165, 1.54) is 35.1 Å². The molecule has 124 valence electrons. The lowest BCUT2D eigenvalue weighted by Crippen LogP contribution is -1.96. The van der Waals surface area contributed by atoms with Crippen LogP contribution in [-0.2, 0) is 9.84 Å². The van der Waals surface area contributed by atoms with Crippen molar-refractivity contribution in [3.05, 3.63) is 66.5 Å². The molecule has 0 aliphatic heterocycles. The van der Waals surface area contributed by atoms with Crippen LogP contribution in [0.2, 0.25) is 0 Å². The quantitative estimate of drug-likeness (QED) is 0.719. The number of sulfone groups is 1. The van der Waals surface area contributed by atoms with Crippen molar-refractivity contribution in [2.45, 2.75) is 11.3 Å². The highest BCUT2D eigenvalue weighted by Crippen LogP contribution is 2.31. The predicted molar refractivity (Wildman–Crippen MR) is 87.1 cm³/mol. The molecule has 0 bridgehead atoms. The van der Waals surface area contributed by atoms with E-state index in [1.54, 1.807) is 24.3 Å². The van der Waals surface area contributed by atoms with Gasteiger partial charge in [-0.1, -0.05) is 30.3 Å². The second-order valence-corrected chi connectivity index (χ2v) is 7.32. The van der Waals surface area contributed by atoms with Crippen LogP contribution in [-0.4, -0.2) is 24.5 Å². The van der Waals surface area contributed by atoms with Crippen molar-refractivity contribution < 1.29 is 17.2 Å². The molecule has 0 spiro atoms. The molecule has 0 unspecified atom stereocenters. The summed E-state index contributed by atoms with van der Waals surface area (Å²) in [6.07, 6.45) is -0.119. The van der Waals surface area contributed by atoms with E-state index in [9.17, 15) is 17.2 Å². The average molecular weight is 348 g/mol. The Hall–Kier alpha value is -2.54. The minimum atomic E-state index is -3.33. The maximum Gasteiger partial charge on any atom is 0.282 e. The lowest BCUT2D eigenvalue weighted by molar-refractivity contribution is 0.146. The van der Waals surface area contributed by atoms with E-state index in [0.717, 1.165) is 6.26 Å². The SMILES string of the molecule is CS(=O)(=O)c1ccc(-c2cn(-c3ccccc3)nc2C(F)F)cc1. The molecule has 2 aromatic carbocycles. The highest BCUT2D eigenvalue weighted by molar-refractivity contribution is 7.90. The Labute approximate surface area is 138 Å². The van der Waals surface area contributed by atoms with Crippen LogP contribution in [0.15, 0.2) is 65.7 Å². The monoisotopic (exact) mass is 348 g/mol. The summed E-state index contributed by atoms with van der Waals surface area (Å²) in [6.45, 7) is 0. The van der Waals surface area contributed by atoms with Gasteiger partial charge in [-0.25, -0.2) is 21.9 Å². The highest BCUT2D eigenvalue weighted by Gasteiger charge is 2.20. The molecule has 4 nitrogen and oxygen atoms in total. The minimum absolute atomic E-state index is 0.139. The van der Waals surface area contributed by atoms with E-state index in [4.69, 9.17) is 0 Å². The van der Waals surface area contributed by atoms with Gasteiger partial charge in [-0.15, -0.1) is 0 Å². The number of benzene rings is 2. The third kappa shape index (κ3) is 3.21. The van der Waals surface area contributed by atoms with Crippen LogP contribution >= 0.6 is 0 Å². The van der Waals surface area contributed by atoms with Gasteiger partial charge in [0.2, 0.25) is 0 Å². The number of aromatic nitrogens is 2. The molecule has 3 rings (SSSR count). The van der Waals surface area contributed by atoms with E-state index in [-0.39, 0.29) is 16.2 Å². The van der Waals surface area contributed by atoms with Gasteiger partial charge in [0.05, 0.1) is 10.6 Å². The smallest absolute Gasteiger partial charge is 0.240 e. The topological polar surface area (TPSA) is 52.0 Å². The fourth-order valence-corrected chi connectivity index (χ4v) is 3.00. The van der Waals surface area contributed by atoms with Crippen molar-refractivity contribution in [1.29, 1.82) is 0 Å². The molecule has 0 radical (unpaired) electrons. The zero-order chi connectivity index (χ0) is 17.3. The molecule has 3 aromatic rings. The molecule has 0 atom stereocenters. The molecule has 0 amide bonds. The Morgan fingerprint density at radius 3 is 2.17 bits per heavy atom. The van der Waals surface area contributed by atoms with Crippen LogP contribution in [0.3, 0.4) is 0 Å². The summed E-state index contributed by atoms with van der Waals surface area (Å²) in [5.74, 6) is 0. The van der Waals surface area contributed by atoms with Gasteiger partial charge in [-0.05, 0) is 29.8 Å². The van der Waals surface area contributed by atoms with E-state index in [0.29, 0.717) is 11.3 Å². The summed E-state index contributed by atoms with van der Waals surface area (Å²) < 4.78 is 51.1. The van der Waals surface area contributed by atoms with Crippen LogP contribution < -0.4 is 0 Å². The van der Waals surface area contributed by atoms with Crippen LogP contribution in [0.4, 0.5) is 8.78 Å². The first kappa shape index (κ1) is 16.3. The van der Waals surface area contributed by atoms with E-state index in [2.05, 4.69) is 5.10 Å². The molecule has 0 aliphatic rings. The van der Waals surface area contributed by atoms with Gasteiger partial charge >= 0.3 is 0 Å². The molecular formula is C17H14F2N2O2S. The summed E-state index contributed by atoms with van der Waals surface area (Å²) in [7, 11) is -3.33. The van der Waals surface area contributed by atoms with Crippen LogP contribution in [0.25, 0.3) is 16.8 Å². The van der Waals surface area contributed by atoms with Gasteiger partial charge < -0.3 is 0 Å². The van der Waals surface area contributed by atoms with Crippen molar-refractivity contribution in [1.82, 2.24) is 9.78 Å². The first-order valence-corrected chi connectivity index (χ1v) is 8.99. The van der Waals surface area contributed by atoms with Crippen molar-refractivity contribution >= 4 is 9.84 Å². The Morgan fingerprint density at radius 2 is 1.62 bits per heavy atom. The van der Waals surface area contributed by atoms with Crippen molar-refractivity contribution in [3.63, 3.8) is 0 Å². The van der Waals surface area contributed by atoms with Crippen LogP contribution in [0.5, 0.6) is 0 Å². The molecule has 0 fully saturated rings. The number of hydrogen-bond acceptors (Lipinski definition) is 3. The number of halogens is 2. The van der Waals surface area contributed by atoms with Crippen LogP contribution in [0, 0.1) is 0 Å². The first-order valence-electron chi connectivity index (χ1n) is 7.10. The standard InChI is InChI=1S/C17H14F2N2O2S/c1-24(22,23)14-9-7-12(8-10-14)15-11-21(20-16(15)17(18)19)13-5-3-2-4-6-13/h2-11,17H,1H3. The second-order valence-electron chi connectivity index (χ2n) is 5.31. The normalized spacial score (nSPS) is 11.8. The first-order chi connectivity index (χ1) is 11.4. The number of rotatable bonds is 4. The van der Waals surface area contributed by atoms with Crippen molar-refractivity contribution in [3.8, 4) is 16.8 Å². The fraction of sp³-hybridized carbons (Fsp3) is 0.118. The number of alkyl halides is 2. The van der Waals surface area contributed by atoms with Gasteiger partial charge in [0.1, 0.15) is 5.69 Å². The molecule has 7 heteroatoms. The Kier molecular flexibility index (Phi) is 4.19. The maximum atomic E-state index is 13.3. The zero-order valence-electron chi connectivity index (χ0n) is 12.7. The molecular weight excluding hydrogens is 334 g/mol. The lowest BCUT2D eigenvalue weighted by atomic mass is 10.1. The molecule has 0 N–H and O–H groups in total.